The van der Waals surface area contributed by atoms with Gasteiger partial charge in [0.1, 0.15) is 11.8 Å². The third kappa shape index (κ3) is 3.52. The van der Waals surface area contributed by atoms with Crippen molar-refractivity contribution >= 4 is 35.2 Å². The van der Waals surface area contributed by atoms with Crippen molar-refractivity contribution in [2.75, 3.05) is 25.2 Å². The zero-order chi connectivity index (χ0) is 23.9. The lowest BCUT2D eigenvalue weighted by atomic mass is 9.71. The number of rotatable bonds is 9. The molecular weight excluding hydrogens is 444 g/mol. The monoisotopic (exact) mass is 474 g/mol. The van der Waals surface area contributed by atoms with E-state index in [0.717, 1.165) is 0 Å². The number of hydrogen-bond acceptors (Lipinski definition) is 6. The van der Waals surface area contributed by atoms with Crippen molar-refractivity contribution in [1.82, 2.24) is 4.90 Å². The summed E-state index contributed by atoms with van der Waals surface area (Å²) in [5.41, 5.74) is 0.636. The maximum atomic E-state index is 14.2. The summed E-state index contributed by atoms with van der Waals surface area (Å²) < 4.78 is 4.42. The number of ether oxygens (including phenoxy) is 1. The van der Waals surface area contributed by atoms with Gasteiger partial charge in [-0.1, -0.05) is 13.0 Å². The van der Waals surface area contributed by atoms with Crippen molar-refractivity contribution < 1.29 is 29.3 Å². The number of aliphatic hydroxyl groups excluding tert-OH is 1. The van der Waals surface area contributed by atoms with Crippen LogP contribution in [0.1, 0.15) is 26.2 Å². The summed E-state index contributed by atoms with van der Waals surface area (Å²) >= 11 is 1.49. The van der Waals surface area contributed by atoms with Crippen molar-refractivity contribution in [1.29, 1.82) is 0 Å². The minimum Gasteiger partial charge on any atom is -0.497 e. The van der Waals surface area contributed by atoms with Crippen molar-refractivity contribution in [2.24, 2.45) is 11.8 Å². The van der Waals surface area contributed by atoms with E-state index >= 15 is 0 Å². The molecule has 8 nitrogen and oxygen atoms in total. The number of fused-ring (bicyclic) bond motifs is 1. The molecule has 4 rings (SSSR count). The molecule has 2 N–H and O–H groups in total. The molecule has 3 fully saturated rings. The molecule has 9 heteroatoms. The number of aliphatic hydroxyl groups is 1. The molecule has 2 amide bonds. The third-order valence-corrected chi connectivity index (χ3v) is 9.25. The molecule has 0 saturated carbocycles. The van der Waals surface area contributed by atoms with E-state index in [2.05, 4.69) is 6.58 Å². The van der Waals surface area contributed by atoms with E-state index in [-0.39, 0.29) is 30.2 Å². The first-order chi connectivity index (χ1) is 15.8. The second-order valence-corrected chi connectivity index (χ2v) is 10.4. The van der Waals surface area contributed by atoms with Gasteiger partial charge in [-0.15, -0.1) is 18.3 Å². The number of carbonyl (C=O) groups is 3. The molecule has 2 bridgehead atoms. The molecule has 1 aromatic carbocycles. The van der Waals surface area contributed by atoms with Crippen LogP contribution in [0.2, 0.25) is 0 Å². The highest BCUT2D eigenvalue weighted by Gasteiger charge is 2.74. The van der Waals surface area contributed by atoms with Gasteiger partial charge in [-0.3, -0.25) is 14.4 Å². The third-order valence-electron chi connectivity index (χ3n) is 7.29. The molecule has 0 aliphatic carbocycles. The van der Waals surface area contributed by atoms with Gasteiger partial charge >= 0.3 is 5.97 Å². The van der Waals surface area contributed by atoms with Gasteiger partial charge in [0.15, 0.2) is 0 Å². The Morgan fingerprint density at radius 2 is 2.09 bits per heavy atom. The fourth-order valence-corrected chi connectivity index (χ4v) is 8.01. The molecule has 0 aromatic heterocycles. The van der Waals surface area contributed by atoms with Crippen LogP contribution in [0.4, 0.5) is 5.69 Å². The topological polar surface area (TPSA) is 107 Å². The van der Waals surface area contributed by atoms with Crippen LogP contribution in [0.25, 0.3) is 0 Å². The number of carboxylic acids is 1. The van der Waals surface area contributed by atoms with Gasteiger partial charge in [0.2, 0.25) is 5.91 Å². The minimum atomic E-state index is -0.990. The van der Waals surface area contributed by atoms with Gasteiger partial charge < -0.3 is 24.7 Å². The van der Waals surface area contributed by atoms with Gasteiger partial charge in [-0.25, -0.2) is 0 Å². The van der Waals surface area contributed by atoms with Crippen LogP contribution in [0.3, 0.4) is 0 Å². The van der Waals surface area contributed by atoms with Crippen LogP contribution in [0, 0.1) is 11.8 Å². The molecule has 3 heterocycles. The largest absolute Gasteiger partial charge is 0.497 e. The van der Waals surface area contributed by atoms with E-state index in [1.807, 2.05) is 6.92 Å². The van der Waals surface area contributed by atoms with Crippen LogP contribution < -0.4 is 9.64 Å². The summed E-state index contributed by atoms with van der Waals surface area (Å²) in [6, 6.07) is 5.67. The summed E-state index contributed by atoms with van der Waals surface area (Å²) in [5.74, 6) is -2.53. The van der Waals surface area contributed by atoms with E-state index in [4.69, 9.17) is 4.74 Å². The number of methoxy groups -OCH3 is 1. The summed E-state index contributed by atoms with van der Waals surface area (Å²) in [6.45, 7) is 5.59. The highest BCUT2D eigenvalue weighted by atomic mass is 32.2. The summed E-state index contributed by atoms with van der Waals surface area (Å²) in [7, 11) is 1.56. The van der Waals surface area contributed by atoms with Crippen molar-refractivity contribution in [3.8, 4) is 5.75 Å². The second kappa shape index (κ2) is 9.02. The van der Waals surface area contributed by atoms with Crippen molar-refractivity contribution in [3.63, 3.8) is 0 Å². The summed E-state index contributed by atoms with van der Waals surface area (Å²) in [4.78, 5) is 43.1. The number of hydrogen-bond donors (Lipinski definition) is 2. The van der Waals surface area contributed by atoms with E-state index in [0.29, 0.717) is 30.7 Å². The predicted octanol–water partition coefficient (Wildman–Crippen LogP) is 2.16. The molecule has 2 unspecified atom stereocenters. The number of aliphatic carboxylic acids is 1. The number of thioether (sulfide) groups is 1. The van der Waals surface area contributed by atoms with Crippen LogP contribution in [-0.4, -0.2) is 75.2 Å². The number of carboxylic acid groups (broad SMARTS) is 1. The average Bonchev–Trinajstić information content (AvgIpc) is 3.46. The molecule has 3 aliphatic rings. The van der Waals surface area contributed by atoms with Crippen LogP contribution in [0.15, 0.2) is 36.9 Å². The molecule has 3 saturated heterocycles. The highest BCUT2D eigenvalue weighted by Crippen LogP contribution is 2.66. The van der Waals surface area contributed by atoms with Crippen molar-refractivity contribution in [3.05, 3.63) is 36.9 Å². The molecule has 33 heavy (non-hydrogen) atoms. The quantitative estimate of drug-likeness (QED) is 0.528. The molecular formula is C24H30N2O6S. The Kier molecular flexibility index (Phi) is 6.46. The Balaban J connectivity index is 1.80. The van der Waals surface area contributed by atoms with Gasteiger partial charge in [0.25, 0.3) is 5.91 Å². The van der Waals surface area contributed by atoms with Crippen LogP contribution in [0.5, 0.6) is 5.75 Å². The SMILES string of the molecule is C=CCN(C(=O)C1N([C@@H](CC)CO)C(=O)[C@@H]2[C@H](C(=O)O)[C@@H]3CCC12S3)c1ccc(OC)cc1. The summed E-state index contributed by atoms with van der Waals surface area (Å²) in [5, 5.41) is 19.8. The molecule has 1 spiro atoms. The molecule has 0 radical (unpaired) electrons. The normalized spacial score (nSPS) is 30.8. The summed E-state index contributed by atoms with van der Waals surface area (Å²) in [6.07, 6.45) is 3.34. The van der Waals surface area contributed by atoms with Crippen LogP contribution >= 0.6 is 11.8 Å². The predicted molar refractivity (Wildman–Crippen MR) is 125 cm³/mol. The minimum absolute atomic E-state index is 0.183. The first kappa shape index (κ1) is 23.6. The zero-order valence-electron chi connectivity index (χ0n) is 18.8. The standard InChI is InChI=1S/C24H30N2O6S/c1-4-12-25(15-6-8-16(32-3)9-7-15)22(29)20-24-11-10-17(33-24)18(23(30)31)19(24)21(28)26(20)14(5-2)13-27/h4,6-9,14,17-20,27H,1,5,10-13H2,2-3H3,(H,30,31)/t14-,17-,18+,19-,20?,24?/m0/s1. The molecule has 1 aromatic rings. The molecule has 3 aliphatic heterocycles. The Morgan fingerprint density at radius 1 is 1.39 bits per heavy atom. The maximum absolute atomic E-state index is 14.2. The van der Waals surface area contributed by atoms with E-state index in [9.17, 15) is 24.6 Å². The number of nitrogens with zero attached hydrogens (tertiary/aromatic N) is 2. The van der Waals surface area contributed by atoms with Crippen molar-refractivity contribution in [2.45, 2.75) is 48.3 Å². The van der Waals surface area contributed by atoms with Gasteiger partial charge in [0.05, 0.1) is 36.3 Å². The van der Waals surface area contributed by atoms with Gasteiger partial charge in [-0.05, 0) is 43.5 Å². The number of amides is 2. The Labute approximate surface area is 197 Å². The second-order valence-electron chi connectivity index (χ2n) is 8.82. The van der Waals surface area contributed by atoms with E-state index < -0.39 is 34.6 Å². The zero-order valence-corrected chi connectivity index (χ0v) is 19.7. The lowest BCUT2D eigenvalue weighted by Gasteiger charge is -2.39. The Bertz CT molecular complexity index is 949. The molecule has 178 valence electrons. The van der Waals surface area contributed by atoms with E-state index in [1.54, 1.807) is 42.4 Å². The van der Waals surface area contributed by atoms with E-state index in [1.165, 1.54) is 16.7 Å². The fourth-order valence-electron chi connectivity index (χ4n) is 5.82. The van der Waals surface area contributed by atoms with Gasteiger partial charge in [-0.2, -0.15) is 0 Å². The number of carbonyl (C=O) groups excluding carboxylic acids is 2. The number of benzene rings is 1. The number of likely N-dealkylation sites (tertiary alicyclic amines) is 1. The fraction of sp³-hybridized carbons (Fsp3) is 0.542. The van der Waals surface area contributed by atoms with Crippen LogP contribution in [-0.2, 0) is 14.4 Å². The molecule has 6 atom stereocenters. The first-order valence-corrected chi connectivity index (χ1v) is 12.1. The number of anilines is 1. The lowest BCUT2D eigenvalue weighted by molar-refractivity contribution is -0.149. The maximum Gasteiger partial charge on any atom is 0.308 e. The Hall–Kier alpha value is -2.52. The Morgan fingerprint density at radius 3 is 2.64 bits per heavy atom. The smallest absolute Gasteiger partial charge is 0.308 e. The first-order valence-electron chi connectivity index (χ1n) is 11.2. The van der Waals surface area contributed by atoms with Gasteiger partial charge in [0, 0.05) is 17.5 Å². The highest BCUT2D eigenvalue weighted by molar-refractivity contribution is 8.02. The lowest BCUT2D eigenvalue weighted by Crippen LogP contribution is -2.57. The average molecular weight is 475 g/mol.